The Bertz CT molecular complexity index is 344. The number of methoxy groups -OCH3 is 1. The van der Waals surface area contributed by atoms with Crippen LogP contribution in [0.1, 0.15) is 25.8 Å². The molecule has 4 heteroatoms. The molecule has 0 bridgehead atoms. The summed E-state index contributed by atoms with van der Waals surface area (Å²) in [7, 11) is 1.72. The lowest BCUT2D eigenvalue weighted by Gasteiger charge is -2.02. The van der Waals surface area contributed by atoms with E-state index >= 15 is 0 Å². The SMILES string of the molecule is CCn1cc(C(C)=CCCNCCOC)cn1. The van der Waals surface area contributed by atoms with Gasteiger partial charge in [-0.15, -0.1) is 0 Å². The molecule has 4 nitrogen and oxygen atoms in total. The third-order valence-electron chi connectivity index (χ3n) is 2.67. The molecule has 1 aromatic heterocycles. The molecule has 0 aliphatic carbocycles. The van der Waals surface area contributed by atoms with E-state index in [1.54, 1.807) is 7.11 Å². The van der Waals surface area contributed by atoms with Gasteiger partial charge in [0.05, 0.1) is 12.8 Å². The molecule has 1 rings (SSSR count). The highest BCUT2D eigenvalue weighted by Gasteiger charge is 1.98. The van der Waals surface area contributed by atoms with Gasteiger partial charge in [0.15, 0.2) is 0 Å². The van der Waals surface area contributed by atoms with Crippen molar-refractivity contribution in [3.05, 3.63) is 24.0 Å². The Morgan fingerprint density at radius 2 is 2.35 bits per heavy atom. The summed E-state index contributed by atoms with van der Waals surface area (Å²) in [4.78, 5) is 0. The van der Waals surface area contributed by atoms with Crippen molar-refractivity contribution in [1.29, 1.82) is 0 Å². The van der Waals surface area contributed by atoms with Crippen LogP contribution in [0.25, 0.3) is 5.57 Å². The maximum atomic E-state index is 4.96. The second kappa shape index (κ2) is 8.03. The molecule has 0 saturated carbocycles. The molecule has 0 aliphatic heterocycles. The van der Waals surface area contributed by atoms with Gasteiger partial charge in [-0.05, 0) is 32.4 Å². The fraction of sp³-hybridized carbons (Fsp3) is 0.615. The van der Waals surface area contributed by atoms with Crippen molar-refractivity contribution in [1.82, 2.24) is 15.1 Å². The molecule has 0 spiro atoms. The fourth-order valence-electron chi connectivity index (χ4n) is 1.55. The van der Waals surface area contributed by atoms with Crippen molar-refractivity contribution in [2.24, 2.45) is 0 Å². The first kappa shape index (κ1) is 13.9. The molecule has 0 amide bonds. The number of ether oxygens (including phenoxy) is 1. The van der Waals surface area contributed by atoms with Crippen LogP contribution in [0.3, 0.4) is 0 Å². The van der Waals surface area contributed by atoms with Gasteiger partial charge in [0.2, 0.25) is 0 Å². The highest BCUT2D eigenvalue weighted by Crippen LogP contribution is 2.12. The minimum Gasteiger partial charge on any atom is -0.383 e. The third-order valence-corrected chi connectivity index (χ3v) is 2.67. The molecule has 0 unspecified atom stereocenters. The molecule has 0 aliphatic rings. The van der Waals surface area contributed by atoms with E-state index in [1.165, 1.54) is 11.1 Å². The lowest BCUT2D eigenvalue weighted by Crippen LogP contribution is -2.19. The summed E-state index contributed by atoms with van der Waals surface area (Å²) in [6.45, 7) is 7.82. The summed E-state index contributed by atoms with van der Waals surface area (Å²) in [6, 6.07) is 0. The normalized spacial score (nSPS) is 12.1. The molecular formula is C13H23N3O. The number of nitrogens with zero attached hydrogens (tertiary/aromatic N) is 2. The first-order valence-corrected chi connectivity index (χ1v) is 6.17. The maximum Gasteiger partial charge on any atom is 0.0587 e. The van der Waals surface area contributed by atoms with Gasteiger partial charge in [-0.25, -0.2) is 0 Å². The average Bonchev–Trinajstić information content (AvgIpc) is 2.82. The first-order valence-electron chi connectivity index (χ1n) is 6.17. The Labute approximate surface area is 104 Å². The Morgan fingerprint density at radius 3 is 3.00 bits per heavy atom. The molecule has 0 aromatic carbocycles. The molecule has 0 radical (unpaired) electrons. The summed E-state index contributed by atoms with van der Waals surface area (Å²) in [6.07, 6.45) is 7.29. The highest BCUT2D eigenvalue weighted by molar-refractivity contribution is 5.62. The van der Waals surface area contributed by atoms with Gasteiger partial charge < -0.3 is 10.1 Å². The molecule has 0 atom stereocenters. The summed E-state index contributed by atoms with van der Waals surface area (Å²) in [5, 5.41) is 7.59. The quantitative estimate of drug-likeness (QED) is 0.702. The van der Waals surface area contributed by atoms with Gasteiger partial charge in [-0.2, -0.15) is 5.10 Å². The van der Waals surface area contributed by atoms with Gasteiger partial charge in [-0.1, -0.05) is 6.08 Å². The standard InChI is InChI=1S/C13H23N3O/c1-4-16-11-13(10-15-16)12(2)6-5-7-14-8-9-17-3/h6,10-11,14H,4-5,7-9H2,1-3H3. The van der Waals surface area contributed by atoms with Crippen molar-refractivity contribution in [2.75, 3.05) is 26.8 Å². The Kier molecular flexibility index (Phi) is 6.58. The van der Waals surface area contributed by atoms with Crippen LogP contribution >= 0.6 is 0 Å². The molecular weight excluding hydrogens is 214 g/mol. The van der Waals surface area contributed by atoms with Crippen molar-refractivity contribution in [2.45, 2.75) is 26.8 Å². The van der Waals surface area contributed by atoms with Crippen LogP contribution in [0.5, 0.6) is 0 Å². The van der Waals surface area contributed by atoms with Crippen LogP contribution < -0.4 is 5.32 Å². The second-order valence-corrected chi connectivity index (χ2v) is 4.00. The van der Waals surface area contributed by atoms with Gasteiger partial charge in [0.1, 0.15) is 0 Å². The number of hydrogen-bond donors (Lipinski definition) is 1. The molecule has 1 heterocycles. The highest BCUT2D eigenvalue weighted by atomic mass is 16.5. The predicted molar refractivity (Wildman–Crippen MR) is 70.9 cm³/mol. The molecule has 0 fully saturated rings. The van der Waals surface area contributed by atoms with Crippen molar-refractivity contribution in [3.63, 3.8) is 0 Å². The first-order chi connectivity index (χ1) is 8.27. The zero-order valence-electron chi connectivity index (χ0n) is 11.1. The number of allylic oxidation sites excluding steroid dienone is 1. The van der Waals surface area contributed by atoms with Gasteiger partial charge in [0, 0.05) is 32.0 Å². The lowest BCUT2D eigenvalue weighted by atomic mass is 10.1. The van der Waals surface area contributed by atoms with E-state index in [0.29, 0.717) is 0 Å². The van der Waals surface area contributed by atoms with Crippen LogP contribution in [0.15, 0.2) is 18.5 Å². The molecule has 17 heavy (non-hydrogen) atoms. The molecule has 1 N–H and O–H groups in total. The monoisotopic (exact) mass is 237 g/mol. The third kappa shape index (κ3) is 5.15. The molecule has 1 aromatic rings. The topological polar surface area (TPSA) is 39.1 Å². The van der Waals surface area contributed by atoms with Crippen LogP contribution in [0.4, 0.5) is 0 Å². The molecule has 96 valence electrons. The van der Waals surface area contributed by atoms with Crippen LogP contribution in [-0.2, 0) is 11.3 Å². The van der Waals surface area contributed by atoms with E-state index in [0.717, 1.165) is 32.7 Å². The predicted octanol–water partition coefficient (Wildman–Crippen LogP) is 1.93. The summed E-state index contributed by atoms with van der Waals surface area (Å²) < 4.78 is 6.91. The maximum absolute atomic E-state index is 4.96. The van der Waals surface area contributed by atoms with E-state index in [4.69, 9.17) is 4.74 Å². The van der Waals surface area contributed by atoms with E-state index in [-0.39, 0.29) is 0 Å². The van der Waals surface area contributed by atoms with Crippen molar-refractivity contribution in [3.8, 4) is 0 Å². The summed E-state index contributed by atoms with van der Waals surface area (Å²) in [5.41, 5.74) is 2.50. The second-order valence-electron chi connectivity index (χ2n) is 4.00. The smallest absolute Gasteiger partial charge is 0.0587 e. The van der Waals surface area contributed by atoms with Gasteiger partial charge in [-0.3, -0.25) is 4.68 Å². The van der Waals surface area contributed by atoms with Gasteiger partial charge >= 0.3 is 0 Å². The number of nitrogens with one attached hydrogen (secondary N) is 1. The van der Waals surface area contributed by atoms with Crippen LogP contribution in [0.2, 0.25) is 0 Å². The fourth-order valence-corrected chi connectivity index (χ4v) is 1.55. The van der Waals surface area contributed by atoms with E-state index in [1.807, 2.05) is 10.9 Å². The number of aryl methyl sites for hydroxylation is 1. The Balaban J connectivity index is 2.28. The summed E-state index contributed by atoms with van der Waals surface area (Å²) in [5.74, 6) is 0. The minimum absolute atomic E-state index is 0.770. The van der Waals surface area contributed by atoms with Crippen LogP contribution in [0, 0.1) is 0 Å². The molecule has 0 saturated heterocycles. The van der Waals surface area contributed by atoms with E-state index in [9.17, 15) is 0 Å². The van der Waals surface area contributed by atoms with Gasteiger partial charge in [0.25, 0.3) is 0 Å². The van der Waals surface area contributed by atoms with Crippen molar-refractivity contribution >= 4 is 5.57 Å². The van der Waals surface area contributed by atoms with E-state index < -0.39 is 0 Å². The zero-order chi connectivity index (χ0) is 12.5. The number of aromatic nitrogens is 2. The Hall–Kier alpha value is -1.13. The largest absolute Gasteiger partial charge is 0.383 e. The lowest BCUT2D eigenvalue weighted by molar-refractivity contribution is 0.199. The van der Waals surface area contributed by atoms with E-state index in [2.05, 4.69) is 36.5 Å². The van der Waals surface area contributed by atoms with Crippen molar-refractivity contribution < 1.29 is 4.74 Å². The number of rotatable bonds is 8. The average molecular weight is 237 g/mol. The van der Waals surface area contributed by atoms with Crippen LogP contribution in [-0.4, -0.2) is 36.6 Å². The number of hydrogen-bond acceptors (Lipinski definition) is 3. The Morgan fingerprint density at radius 1 is 1.53 bits per heavy atom. The minimum atomic E-state index is 0.770. The zero-order valence-corrected chi connectivity index (χ0v) is 11.1. The summed E-state index contributed by atoms with van der Waals surface area (Å²) >= 11 is 0.